The molecule has 4 aliphatic rings. The van der Waals surface area contributed by atoms with E-state index in [9.17, 15) is 19.0 Å². The Morgan fingerprint density at radius 1 is 0.552 bits per heavy atom. The SMILES string of the molecule is CCCCC1(CCCCCC2(CCCCC(=O)OCC(COP(=O)(O)OCC[N+](C)(C)C)OC(=O)CCCCC3(CCCCCC4(CCCC)N=N4)N=N3)N=N2)N=N1. The van der Waals surface area contributed by atoms with Gasteiger partial charge in [0.2, 0.25) is 0 Å². The maximum atomic E-state index is 12.9. The molecule has 17 nitrogen and oxygen atoms in total. The third kappa shape index (κ3) is 19.6. The molecule has 58 heavy (non-hydrogen) atoms. The predicted molar refractivity (Wildman–Crippen MR) is 218 cm³/mol. The van der Waals surface area contributed by atoms with Crippen LogP contribution in [-0.4, -0.2) is 97.6 Å². The number of ether oxygens (including phenoxy) is 2. The number of hydrogen-bond acceptors (Lipinski definition) is 15. The van der Waals surface area contributed by atoms with E-state index < -0.39 is 32.5 Å². The summed E-state index contributed by atoms with van der Waals surface area (Å²) in [7, 11) is 1.36. The molecule has 0 saturated heterocycles. The summed E-state index contributed by atoms with van der Waals surface area (Å²) in [5, 5.41) is 34.5. The molecule has 0 amide bonds. The standard InChI is InChI=1S/C40H72N9O8P/c1-6-8-22-37(41-42-37)24-14-10-16-26-39(45-46-39)28-18-12-20-35(50)54-32-34(33-56-58(52,53)55-31-30-49(3,4)5)57-36(51)21-13-19-29-40(47-48-40)27-17-11-15-25-38(43-44-38)23-9-7-2/h34H,6-33H2,1-5H3/p+1. The van der Waals surface area contributed by atoms with Crippen LogP contribution < -0.4 is 0 Å². The van der Waals surface area contributed by atoms with E-state index in [1.807, 2.05) is 21.1 Å². The van der Waals surface area contributed by atoms with Gasteiger partial charge in [0.05, 0.1) is 27.7 Å². The Labute approximate surface area is 346 Å². The molecule has 4 heterocycles. The van der Waals surface area contributed by atoms with Crippen molar-refractivity contribution >= 4 is 19.8 Å². The Kier molecular flexibility index (Phi) is 18.9. The number of nitrogens with zero attached hydrogens (tertiary/aromatic N) is 9. The van der Waals surface area contributed by atoms with Crippen molar-refractivity contribution in [3.05, 3.63) is 0 Å². The van der Waals surface area contributed by atoms with Crippen molar-refractivity contribution in [2.24, 2.45) is 40.9 Å². The lowest BCUT2D eigenvalue weighted by atomic mass is 9.96. The van der Waals surface area contributed by atoms with E-state index in [-0.39, 0.29) is 48.7 Å². The Hall–Kier alpha value is -2.59. The second-order valence-electron chi connectivity index (χ2n) is 17.9. The van der Waals surface area contributed by atoms with E-state index in [0.717, 1.165) is 128 Å². The first kappa shape index (κ1) is 48.1. The first-order valence-electron chi connectivity index (χ1n) is 22.2. The number of esters is 2. The minimum atomic E-state index is -4.44. The van der Waals surface area contributed by atoms with Crippen LogP contribution >= 0.6 is 7.82 Å². The van der Waals surface area contributed by atoms with Crippen LogP contribution in [0.4, 0.5) is 0 Å². The van der Waals surface area contributed by atoms with E-state index in [4.69, 9.17) is 18.5 Å². The maximum absolute atomic E-state index is 12.9. The van der Waals surface area contributed by atoms with Gasteiger partial charge in [0.1, 0.15) is 19.8 Å². The maximum Gasteiger partial charge on any atom is 0.472 e. The summed E-state index contributed by atoms with van der Waals surface area (Å²) >= 11 is 0. The summed E-state index contributed by atoms with van der Waals surface area (Å²) in [4.78, 5) is 35.8. The third-order valence-corrected chi connectivity index (χ3v) is 12.3. The Balaban J connectivity index is 1.10. The molecular weight excluding hydrogens is 765 g/mol. The molecule has 4 rings (SSSR count). The zero-order valence-electron chi connectivity index (χ0n) is 36.2. The van der Waals surface area contributed by atoms with Crippen LogP contribution in [0, 0.1) is 0 Å². The first-order valence-corrected chi connectivity index (χ1v) is 23.7. The van der Waals surface area contributed by atoms with Gasteiger partial charge in [-0.15, -0.1) is 0 Å². The van der Waals surface area contributed by atoms with Gasteiger partial charge in [-0.05, 0) is 116 Å². The monoisotopic (exact) mass is 839 g/mol. The number of quaternary nitrogens is 1. The normalized spacial score (nSPS) is 19.8. The minimum absolute atomic E-state index is 0.00227. The molecule has 4 aliphatic heterocycles. The second kappa shape index (κ2) is 22.9. The highest BCUT2D eigenvalue weighted by Crippen LogP contribution is 2.44. The number of carbonyl (C=O) groups excluding carboxylic acids is 2. The third-order valence-electron chi connectivity index (χ3n) is 11.3. The van der Waals surface area contributed by atoms with Gasteiger partial charge in [0, 0.05) is 12.8 Å². The average Bonchev–Trinajstić information content (AvgIpc) is 3.98. The van der Waals surface area contributed by atoms with Crippen molar-refractivity contribution in [1.29, 1.82) is 0 Å². The van der Waals surface area contributed by atoms with Crippen molar-refractivity contribution in [1.82, 2.24) is 0 Å². The smallest absolute Gasteiger partial charge is 0.462 e. The van der Waals surface area contributed by atoms with Crippen molar-refractivity contribution in [3.8, 4) is 0 Å². The number of phosphoric acid groups is 1. The van der Waals surface area contributed by atoms with Crippen molar-refractivity contribution in [2.75, 3.05) is 47.5 Å². The molecule has 0 fully saturated rings. The van der Waals surface area contributed by atoms with E-state index >= 15 is 0 Å². The van der Waals surface area contributed by atoms with E-state index in [2.05, 4.69) is 54.8 Å². The predicted octanol–water partition coefficient (Wildman–Crippen LogP) is 10.3. The van der Waals surface area contributed by atoms with Crippen LogP contribution in [0.15, 0.2) is 40.9 Å². The lowest BCUT2D eigenvalue weighted by molar-refractivity contribution is -0.870. The molecule has 0 bridgehead atoms. The van der Waals surface area contributed by atoms with Gasteiger partial charge in [-0.25, -0.2) is 4.57 Å². The fourth-order valence-electron chi connectivity index (χ4n) is 7.11. The fraction of sp³-hybridized carbons (Fsp3) is 0.950. The lowest BCUT2D eigenvalue weighted by Crippen LogP contribution is -2.37. The van der Waals surface area contributed by atoms with Crippen LogP contribution in [0.2, 0.25) is 0 Å². The number of rotatable bonds is 38. The number of likely N-dealkylation sites (N-methyl/N-ethyl adjacent to an activating group) is 1. The van der Waals surface area contributed by atoms with Gasteiger partial charge in [-0.2, -0.15) is 40.9 Å². The number of phosphoric ester groups is 1. The van der Waals surface area contributed by atoms with Crippen LogP contribution in [-0.2, 0) is 32.7 Å². The van der Waals surface area contributed by atoms with E-state index in [0.29, 0.717) is 23.9 Å². The zero-order chi connectivity index (χ0) is 42.0. The molecule has 0 aromatic carbocycles. The molecule has 1 N–H and O–H groups in total. The molecular formula is C40H73N9O8P+. The summed E-state index contributed by atoms with van der Waals surface area (Å²) in [6, 6.07) is 0. The summed E-state index contributed by atoms with van der Waals surface area (Å²) in [5.41, 5.74) is -0.844. The summed E-state index contributed by atoms with van der Waals surface area (Å²) < 4.78 is 34.5. The summed E-state index contributed by atoms with van der Waals surface area (Å²) in [5.74, 6) is -0.958. The quantitative estimate of drug-likeness (QED) is 0.0273. The first-order chi connectivity index (χ1) is 27.6. The molecule has 330 valence electrons. The molecule has 2 atom stereocenters. The van der Waals surface area contributed by atoms with Gasteiger partial charge >= 0.3 is 19.8 Å². The van der Waals surface area contributed by atoms with Crippen molar-refractivity contribution < 1.29 is 42.1 Å². The van der Waals surface area contributed by atoms with Gasteiger partial charge in [-0.1, -0.05) is 39.5 Å². The van der Waals surface area contributed by atoms with Crippen LogP contribution in [0.25, 0.3) is 0 Å². The lowest BCUT2D eigenvalue weighted by Gasteiger charge is -2.24. The van der Waals surface area contributed by atoms with Crippen molar-refractivity contribution in [3.63, 3.8) is 0 Å². The van der Waals surface area contributed by atoms with Gasteiger partial charge in [0.25, 0.3) is 0 Å². The molecule has 0 saturated carbocycles. The average molecular weight is 839 g/mol. The highest BCUT2D eigenvalue weighted by molar-refractivity contribution is 7.47. The number of unbranched alkanes of at least 4 members (excludes halogenated alkanes) is 8. The van der Waals surface area contributed by atoms with E-state index in [1.165, 1.54) is 0 Å². The Bertz CT molecular complexity index is 1450. The number of carbonyl (C=O) groups is 2. The van der Waals surface area contributed by atoms with E-state index in [1.54, 1.807) is 0 Å². The van der Waals surface area contributed by atoms with Crippen LogP contribution in [0.5, 0.6) is 0 Å². The zero-order valence-corrected chi connectivity index (χ0v) is 37.0. The minimum Gasteiger partial charge on any atom is -0.462 e. The summed E-state index contributed by atoms with van der Waals surface area (Å²) in [6.45, 7) is 4.09. The van der Waals surface area contributed by atoms with Crippen LogP contribution in [0.1, 0.15) is 168 Å². The van der Waals surface area contributed by atoms with Gasteiger partial charge < -0.3 is 18.9 Å². The summed E-state index contributed by atoms with van der Waals surface area (Å²) in [6.07, 6.45) is 20.6. The highest BCUT2D eigenvalue weighted by Gasteiger charge is 2.41. The molecule has 2 unspecified atom stereocenters. The molecule has 0 radical (unpaired) electrons. The topological polar surface area (TPSA) is 207 Å². The molecule has 0 spiro atoms. The largest absolute Gasteiger partial charge is 0.472 e. The van der Waals surface area contributed by atoms with Crippen LogP contribution in [0.3, 0.4) is 0 Å². The Morgan fingerprint density at radius 2 is 0.931 bits per heavy atom. The second-order valence-corrected chi connectivity index (χ2v) is 19.3. The Morgan fingerprint density at radius 3 is 1.31 bits per heavy atom. The molecule has 0 aromatic rings. The molecule has 0 aromatic heterocycles. The molecule has 18 heteroatoms. The highest BCUT2D eigenvalue weighted by atomic mass is 31.2. The van der Waals surface area contributed by atoms with Gasteiger partial charge in [-0.3, -0.25) is 18.6 Å². The number of hydrogen-bond donors (Lipinski definition) is 1. The van der Waals surface area contributed by atoms with Crippen molar-refractivity contribution in [2.45, 2.75) is 197 Å². The fourth-order valence-corrected chi connectivity index (χ4v) is 7.85. The molecule has 0 aliphatic carbocycles. The van der Waals surface area contributed by atoms with Gasteiger partial charge in [0.15, 0.2) is 28.8 Å².